The van der Waals surface area contributed by atoms with Gasteiger partial charge in [0, 0.05) is 24.0 Å². The monoisotopic (exact) mass is 275 g/mol. The second-order valence-corrected chi connectivity index (χ2v) is 5.77. The minimum atomic E-state index is 0.0738. The van der Waals surface area contributed by atoms with Crippen LogP contribution in [0.4, 0.5) is 0 Å². The van der Waals surface area contributed by atoms with Gasteiger partial charge in [-0.05, 0) is 32.0 Å². The molecule has 102 valence electrons. The summed E-state index contributed by atoms with van der Waals surface area (Å²) in [6, 6.07) is 8.74. The lowest BCUT2D eigenvalue weighted by molar-refractivity contribution is 0.208. The quantitative estimate of drug-likeness (QED) is 0.912. The number of rotatable bonds is 5. The lowest BCUT2D eigenvalue weighted by Crippen LogP contribution is -2.37. The summed E-state index contributed by atoms with van der Waals surface area (Å²) >= 11 is 1.63. The highest BCUT2D eigenvalue weighted by atomic mass is 32.1. The molecular formula is C15H21N3S. The van der Waals surface area contributed by atoms with E-state index in [-0.39, 0.29) is 12.1 Å². The van der Waals surface area contributed by atoms with Crippen molar-refractivity contribution in [2.75, 3.05) is 7.05 Å². The first-order valence-corrected chi connectivity index (χ1v) is 7.42. The van der Waals surface area contributed by atoms with Crippen LogP contribution < -0.4 is 5.73 Å². The molecule has 19 heavy (non-hydrogen) atoms. The molecule has 4 heteroatoms. The summed E-state index contributed by atoms with van der Waals surface area (Å²) in [6.45, 7) is 5.03. The third kappa shape index (κ3) is 3.41. The van der Waals surface area contributed by atoms with Crippen LogP contribution in [0.5, 0.6) is 0 Å². The summed E-state index contributed by atoms with van der Waals surface area (Å²) in [6.07, 6.45) is 0. The molecule has 1 heterocycles. The lowest BCUT2D eigenvalue weighted by atomic mass is 9.95. The average Bonchev–Trinajstić information content (AvgIpc) is 2.84. The molecule has 2 aromatic rings. The molecule has 0 aliphatic carbocycles. The summed E-state index contributed by atoms with van der Waals surface area (Å²) in [5.74, 6) is 0. The molecule has 2 N–H and O–H groups in total. The van der Waals surface area contributed by atoms with E-state index in [1.54, 1.807) is 11.3 Å². The Morgan fingerprint density at radius 3 is 2.68 bits per heavy atom. The molecule has 1 aromatic heterocycles. The number of likely N-dealkylation sites (N-methyl/N-ethyl adjacent to an activating group) is 1. The van der Waals surface area contributed by atoms with Crippen LogP contribution in [0.1, 0.15) is 29.8 Å². The molecule has 0 bridgehead atoms. The first-order chi connectivity index (χ1) is 9.09. The second-order valence-electron chi connectivity index (χ2n) is 5.06. The molecule has 0 spiro atoms. The van der Waals surface area contributed by atoms with Crippen LogP contribution in [0, 0.1) is 6.92 Å². The van der Waals surface area contributed by atoms with Crippen molar-refractivity contribution in [2.24, 2.45) is 5.73 Å². The van der Waals surface area contributed by atoms with Gasteiger partial charge in [-0.2, -0.15) is 0 Å². The molecule has 2 atom stereocenters. The molecule has 3 nitrogen and oxygen atoms in total. The standard InChI is InChI=1S/C15H21N3S/c1-11-6-4-5-7-14(11)15(12(2)16)18(3)8-13-9-19-10-17-13/h4-7,9-10,12,15H,8,16H2,1-3H3. The summed E-state index contributed by atoms with van der Waals surface area (Å²) in [5, 5.41) is 2.09. The van der Waals surface area contributed by atoms with E-state index < -0.39 is 0 Å². The molecule has 2 rings (SSSR count). The Balaban J connectivity index is 2.23. The summed E-state index contributed by atoms with van der Waals surface area (Å²) in [4.78, 5) is 6.63. The third-order valence-corrected chi connectivity index (χ3v) is 4.01. The zero-order chi connectivity index (χ0) is 13.8. The number of aromatic nitrogens is 1. The topological polar surface area (TPSA) is 42.1 Å². The fraction of sp³-hybridized carbons (Fsp3) is 0.400. The Morgan fingerprint density at radius 2 is 2.11 bits per heavy atom. The van der Waals surface area contributed by atoms with Crippen LogP contribution >= 0.6 is 11.3 Å². The highest BCUT2D eigenvalue weighted by Crippen LogP contribution is 2.26. The molecule has 0 saturated heterocycles. The van der Waals surface area contributed by atoms with Gasteiger partial charge in [-0.25, -0.2) is 4.98 Å². The van der Waals surface area contributed by atoms with Crippen molar-refractivity contribution in [2.45, 2.75) is 32.5 Å². The van der Waals surface area contributed by atoms with Crippen LogP contribution in [0.3, 0.4) is 0 Å². The van der Waals surface area contributed by atoms with Gasteiger partial charge >= 0.3 is 0 Å². The van der Waals surface area contributed by atoms with Crippen LogP contribution in [0.25, 0.3) is 0 Å². The predicted octanol–water partition coefficient (Wildman–Crippen LogP) is 2.97. The normalized spacial score (nSPS) is 14.6. The number of benzene rings is 1. The van der Waals surface area contributed by atoms with E-state index in [2.05, 4.69) is 60.4 Å². The van der Waals surface area contributed by atoms with Gasteiger partial charge in [0.05, 0.1) is 11.2 Å². The van der Waals surface area contributed by atoms with Gasteiger partial charge in [0.2, 0.25) is 0 Å². The van der Waals surface area contributed by atoms with Gasteiger partial charge in [0.25, 0.3) is 0 Å². The minimum Gasteiger partial charge on any atom is -0.326 e. The Kier molecular flexibility index (Phi) is 4.69. The van der Waals surface area contributed by atoms with Crippen molar-refractivity contribution in [1.29, 1.82) is 0 Å². The lowest BCUT2D eigenvalue weighted by Gasteiger charge is -2.32. The summed E-state index contributed by atoms with van der Waals surface area (Å²) in [7, 11) is 2.11. The van der Waals surface area contributed by atoms with Crippen molar-refractivity contribution in [3.63, 3.8) is 0 Å². The Labute approximate surface area is 119 Å². The van der Waals surface area contributed by atoms with E-state index in [0.717, 1.165) is 12.2 Å². The molecule has 0 radical (unpaired) electrons. The number of thiazole rings is 1. The van der Waals surface area contributed by atoms with E-state index in [1.807, 2.05) is 5.51 Å². The smallest absolute Gasteiger partial charge is 0.0795 e. The van der Waals surface area contributed by atoms with Crippen LogP contribution in [-0.2, 0) is 6.54 Å². The van der Waals surface area contributed by atoms with Crippen molar-refractivity contribution in [3.8, 4) is 0 Å². The maximum Gasteiger partial charge on any atom is 0.0795 e. The highest BCUT2D eigenvalue weighted by molar-refractivity contribution is 7.07. The number of nitrogens with zero attached hydrogens (tertiary/aromatic N) is 2. The van der Waals surface area contributed by atoms with Crippen molar-refractivity contribution >= 4 is 11.3 Å². The van der Waals surface area contributed by atoms with Gasteiger partial charge in [0.15, 0.2) is 0 Å². The van der Waals surface area contributed by atoms with Crippen LogP contribution in [-0.4, -0.2) is 23.0 Å². The fourth-order valence-electron chi connectivity index (χ4n) is 2.51. The average molecular weight is 275 g/mol. The van der Waals surface area contributed by atoms with Crippen molar-refractivity contribution in [1.82, 2.24) is 9.88 Å². The zero-order valence-electron chi connectivity index (χ0n) is 11.7. The fourth-order valence-corrected chi connectivity index (χ4v) is 3.06. The Bertz CT molecular complexity index is 508. The van der Waals surface area contributed by atoms with Crippen molar-refractivity contribution in [3.05, 3.63) is 52.0 Å². The first-order valence-electron chi connectivity index (χ1n) is 6.48. The summed E-state index contributed by atoms with van der Waals surface area (Å²) < 4.78 is 0. The van der Waals surface area contributed by atoms with Gasteiger partial charge in [-0.15, -0.1) is 11.3 Å². The molecule has 0 aliphatic rings. The van der Waals surface area contributed by atoms with E-state index >= 15 is 0 Å². The molecule has 2 unspecified atom stereocenters. The number of aryl methyl sites for hydroxylation is 1. The largest absolute Gasteiger partial charge is 0.326 e. The molecule has 0 saturated carbocycles. The van der Waals surface area contributed by atoms with Crippen LogP contribution in [0.15, 0.2) is 35.2 Å². The molecule has 1 aromatic carbocycles. The Morgan fingerprint density at radius 1 is 1.37 bits per heavy atom. The summed E-state index contributed by atoms with van der Waals surface area (Å²) in [5.41, 5.74) is 11.8. The SMILES string of the molecule is Cc1ccccc1C(C(C)N)N(C)Cc1cscn1. The highest BCUT2D eigenvalue weighted by Gasteiger charge is 2.22. The van der Waals surface area contributed by atoms with Gasteiger partial charge in [-0.3, -0.25) is 4.90 Å². The minimum absolute atomic E-state index is 0.0738. The van der Waals surface area contributed by atoms with E-state index in [0.29, 0.717) is 0 Å². The number of nitrogens with two attached hydrogens (primary N) is 1. The molecule has 0 amide bonds. The van der Waals surface area contributed by atoms with E-state index in [1.165, 1.54) is 11.1 Å². The number of hydrogen-bond acceptors (Lipinski definition) is 4. The van der Waals surface area contributed by atoms with Gasteiger partial charge < -0.3 is 5.73 Å². The van der Waals surface area contributed by atoms with E-state index in [9.17, 15) is 0 Å². The molecular weight excluding hydrogens is 254 g/mol. The van der Waals surface area contributed by atoms with Gasteiger partial charge in [-0.1, -0.05) is 24.3 Å². The van der Waals surface area contributed by atoms with Crippen molar-refractivity contribution < 1.29 is 0 Å². The predicted molar refractivity (Wildman–Crippen MR) is 81.2 cm³/mol. The Hall–Kier alpha value is -1.23. The maximum absolute atomic E-state index is 6.21. The van der Waals surface area contributed by atoms with E-state index in [4.69, 9.17) is 5.73 Å². The zero-order valence-corrected chi connectivity index (χ0v) is 12.5. The maximum atomic E-state index is 6.21. The molecule has 0 aliphatic heterocycles. The second kappa shape index (κ2) is 6.28. The number of hydrogen-bond donors (Lipinski definition) is 1. The van der Waals surface area contributed by atoms with Crippen LogP contribution in [0.2, 0.25) is 0 Å². The first kappa shape index (κ1) is 14.2. The third-order valence-electron chi connectivity index (χ3n) is 3.37. The molecule has 0 fully saturated rings. The van der Waals surface area contributed by atoms with Gasteiger partial charge in [0.1, 0.15) is 0 Å².